The summed E-state index contributed by atoms with van der Waals surface area (Å²) in [6.45, 7) is 6.22. The molecule has 26 heavy (non-hydrogen) atoms. The molecule has 0 saturated heterocycles. The fourth-order valence-electron chi connectivity index (χ4n) is 2.45. The van der Waals surface area contributed by atoms with Crippen molar-refractivity contribution in [3.05, 3.63) is 77.2 Å². The summed E-state index contributed by atoms with van der Waals surface area (Å²) >= 11 is 1.46. The van der Waals surface area contributed by atoms with Gasteiger partial charge in [-0.3, -0.25) is 0 Å². The van der Waals surface area contributed by atoms with Crippen molar-refractivity contribution in [2.75, 3.05) is 0 Å². The van der Waals surface area contributed by atoms with Gasteiger partial charge in [-0.05, 0) is 48.2 Å². The maximum absolute atomic E-state index is 13.3. The minimum atomic E-state index is -0.234. The number of ether oxygens (including phenoxy) is 1. The van der Waals surface area contributed by atoms with Crippen LogP contribution in [0.2, 0.25) is 0 Å². The van der Waals surface area contributed by atoms with Crippen molar-refractivity contribution < 1.29 is 9.13 Å². The molecule has 0 fully saturated rings. The van der Waals surface area contributed by atoms with Gasteiger partial charge >= 0.3 is 0 Å². The standard InChI is InChI=1S/C21H21FN2OS/c1-14(2)17-7-9-19(10-8-17)25-20-11-15(3)23-21(24-20)26-13-16-5-4-6-18(22)12-16/h4-12,14H,13H2,1-3H3. The van der Waals surface area contributed by atoms with Crippen LogP contribution in [0.5, 0.6) is 11.6 Å². The first-order chi connectivity index (χ1) is 12.5. The second-order valence-electron chi connectivity index (χ2n) is 6.37. The van der Waals surface area contributed by atoms with Crippen LogP contribution in [-0.4, -0.2) is 9.97 Å². The first-order valence-corrected chi connectivity index (χ1v) is 9.49. The van der Waals surface area contributed by atoms with E-state index in [1.807, 2.05) is 31.2 Å². The van der Waals surface area contributed by atoms with E-state index in [-0.39, 0.29) is 5.82 Å². The fraction of sp³-hybridized carbons (Fsp3) is 0.238. The van der Waals surface area contributed by atoms with Crippen LogP contribution in [-0.2, 0) is 5.75 Å². The Hall–Kier alpha value is -2.40. The topological polar surface area (TPSA) is 35.0 Å². The first-order valence-electron chi connectivity index (χ1n) is 8.50. The number of thioether (sulfide) groups is 1. The fourth-order valence-corrected chi connectivity index (χ4v) is 3.28. The van der Waals surface area contributed by atoms with Crippen LogP contribution < -0.4 is 4.74 Å². The van der Waals surface area contributed by atoms with Gasteiger partial charge in [0.15, 0.2) is 5.16 Å². The summed E-state index contributed by atoms with van der Waals surface area (Å²) in [6, 6.07) is 16.4. The zero-order chi connectivity index (χ0) is 18.5. The molecule has 0 radical (unpaired) electrons. The number of nitrogens with zero attached hydrogens (tertiary/aromatic N) is 2. The Morgan fingerprint density at radius 1 is 1.04 bits per heavy atom. The highest BCUT2D eigenvalue weighted by Gasteiger charge is 2.07. The largest absolute Gasteiger partial charge is 0.439 e. The molecular formula is C21H21FN2OS. The van der Waals surface area contributed by atoms with E-state index >= 15 is 0 Å². The molecule has 0 N–H and O–H groups in total. The van der Waals surface area contributed by atoms with Gasteiger partial charge in [0.1, 0.15) is 11.6 Å². The summed E-state index contributed by atoms with van der Waals surface area (Å²) in [5.74, 6) is 2.10. The van der Waals surface area contributed by atoms with Gasteiger partial charge in [-0.1, -0.05) is 49.9 Å². The highest BCUT2D eigenvalue weighted by Crippen LogP contribution is 2.26. The zero-order valence-electron chi connectivity index (χ0n) is 15.1. The molecule has 3 aromatic rings. The maximum atomic E-state index is 13.3. The lowest BCUT2D eigenvalue weighted by molar-refractivity contribution is 0.454. The molecule has 0 amide bonds. The first kappa shape index (κ1) is 18.4. The van der Waals surface area contributed by atoms with Crippen LogP contribution in [0.1, 0.15) is 36.6 Å². The van der Waals surface area contributed by atoms with Crippen LogP contribution in [0.15, 0.2) is 59.8 Å². The van der Waals surface area contributed by atoms with Crippen molar-refractivity contribution >= 4 is 11.8 Å². The minimum absolute atomic E-state index is 0.234. The van der Waals surface area contributed by atoms with Gasteiger partial charge in [0, 0.05) is 17.5 Å². The molecule has 0 unspecified atom stereocenters. The average Bonchev–Trinajstić information content (AvgIpc) is 2.60. The third-order valence-electron chi connectivity index (χ3n) is 3.84. The molecule has 1 heterocycles. The van der Waals surface area contributed by atoms with Crippen molar-refractivity contribution in [2.24, 2.45) is 0 Å². The van der Waals surface area contributed by atoms with Gasteiger partial charge in [0.2, 0.25) is 5.88 Å². The normalized spacial score (nSPS) is 11.0. The summed E-state index contributed by atoms with van der Waals surface area (Å²) in [7, 11) is 0. The molecule has 0 saturated carbocycles. The van der Waals surface area contributed by atoms with E-state index < -0.39 is 0 Å². The van der Waals surface area contributed by atoms with Gasteiger partial charge in [-0.25, -0.2) is 9.37 Å². The molecule has 134 valence electrons. The van der Waals surface area contributed by atoms with Crippen LogP contribution in [0.3, 0.4) is 0 Å². The van der Waals surface area contributed by atoms with Gasteiger partial charge in [0.05, 0.1) is 0 Å². The Kier molecular flexibility index (Phi) is 5.89. The molecule has 0 bridgehead atoms. The average molecular weight is 368 g/mol. The summed E-state index contributed by atoms with van der Waals surface area (Å²) in [5, 5.41) is 0.614. The highest BCUT2D eigenvalue weighted by molar-refractivity contribution is 7.98. The van der Waals surface area contributed by atoms with E-state index in [4.69, 9.17) is 4.74 Å². The number of aromatic nitrogens is 2. The van der Waals surface area contributed by atoms with E-state index in [0.717, 1.165) is 17.0 Å². The molecule has 3 rings (SSSR count). The van der Waals surface area contributed by atoms with E-state index in [2.05, 4.69) is 35.9 Å². The molecule has 5 heteroatoms. The number of aryl methyl sites for hydroxylation is 1. The summed E-state index contributed by atoms with van der Waals surface area (Å²) < 4.78 is 19.2. The lowest BCUT2D eigenvalue weighted by atomic mass is 10.0. The number of halogens is 1. The minimum Gasteiger partial charge on any atom is -0.439 e. The van der Waals surface area contributed by atoms with E-state index in [1.54, 1.807) is 6.07 Å². The van der Waals surface area contributed by atoms with Gasteiger partial charge in [-0.2, -0.15) is 4.98 Å². The summed E-state index contributed by atoms with van der Waals surface area (Å²) in [5.41, 5.74) is 2.99. The van der Waals surface area contributed by atoms with Crippen LogP contribution in [0.25, 0.3) is 0 Å². The predicted octanol–water partition coefficient (Wildman–Crippen LogP) is 6.13. The van der Waals surface area contributed by atoms with Crippen LogP contribution >= 0.6 is 11.8 Å². The molecule has 0 aliphatic heterocycles. The third-order valence-corrected chi connectivity index (χ3v) is 4.75. The third kappa shape index (κ3) is 5.05. The molecule has 1 aromatic heterocycles. The maximum Gasteiger partial charge on any atom is 0.223 e. The summed E-state index contributed by atoms with van der Waals surface area (Å²) in [6.07, 6.45) is 0. The van der Waals surface area contributed by atoms with E-state index in [0.29, 0.717) is 22.7 Å². The van der Waals surface area contributed by atoms with Crippen LogP contribution in [0.4, 0.5) is 4.39 Å². The Morgan fingerprint density at radius 2 is 1.81 bits per heavy atom. The smallest absolute Gasteiger partial charge is 0.223 e. The Labute approximate surface area is 157 Å². The lowest BCUT2D eigenvalue weighted by Gasteiger charge is -2.09. The Bertz CT molecular complexity index is 881. The molecule has 0 aliphatic carbocycles. The molecule has 2 aromatic carbocycles. The SMILES string of the molecule is Cc1cc(Oc2ccc(C(C)C)cc2)nc(SCc2cccc(F)c2)n1. The monoisotopic (exact) mass is 368 g/mol. The van der Waals surface area contributed by atoms with Crippen molar-refractivity contribution in [2.45, 2.75) is 37.6 Å². The molecular weight excluding hydrogens is 347 g/mol. The summed E-state index contributed by atoms with van der Waals surface area (Å²) in [4.78, 5) is 8.89. The lowest BCUT2D eigenvalue weighted by Crippen LogP contribution is -1.96. The second kappa shape index (κ2) is 8.32. The van der Waals surface area contributed by atoms with Crippen molar-refractivity contribution in [3.8, 4) is 11.6 Å². The van der Waals surface area contributed by atoms with Crippen LogP contribution in [0, 0.1) is 12.7 Å². The predicted molar refractivity (Wildman–Crippen MR) is 103 cm³/mol. The number of rotatable bonds is 6. The highest BCUT2D eigenvalue weighted by atomic mass is 32.2. The zero-order valence-corrected chi connectivity index (χ0v) is 15.9. The molecule has 0 aliphatic rings. The van der Waals surface area contributed by atoms with Gasteiger partial charge in [0.25, 0.3) is 0 Å². The quantitative estimate of drug-likeness (QED) is 0.387. The number of hydrogen-bond donors (Lipinski definition) is 0. The Balaban J connectivity index is 1.70. The Morgan fingerprint density at radius 3 is 2.50 bits per heavy atom. The van der Waals surface area contributed by atoms with Crippen molar-refractivity contribution in [3.63, 3.8) is 0 Å². The van der Waals surface area contributed by atoms with Gasteiger partial charge < -0.3 is 4.74 Å². The molecule has 0 atom stereocenters. The molecule has 3 nitrogen and oxygen atoms in total. The second-order valence-corrected chi connectivity index (χ2v) is 7.32. The van der Waals surface area contributed by atoms with Crippen molar-refractivity contribution in [1.82, 2.24) is 9.97 Å². The molecule has 0 spiro atoms. The number of hydrogen-bond acceptors (Lipinski definition) is 4. The van der Waals surface area contributed by atoms with Crippen molar-refractivity contribution in [1.29, 1.82) is 0 Å². The van der Waals surface area contributed by atoms with E-state index in [9.17, 15) is 4.39 Å². The van der Waals surface area contributed by atoms with Gasteiger partial charge in [-0.15, -0.1) is 0 Å². The number of benzene rings is 2. The van der Waals surface area contributed by atoms with E-state index in [1.165, 1.54) is 29.5 Å².